The molecule has 0 bridgehead atoms. The SMILES string of the molecule is Cc1ccc(C)c(C(N)Cn2cc(C)cn2)c1. The fourth-order valence-corrected chi connectivity index (χ4v) is 2.03. The molecular weight excluding hydrogens is 210 g/mol. The third-order valence-corrected chi connectivity index (χ3v) is 2.98. The highest BCUT2D eigenvalue weighted by Crippen LogP contribution is 2.18. The van der Waals surface area contributed by atoms with Gasteiger partial charge in [-0.1, -0.05) is 23.8 Å². The van der Waals surface area contributed by atoms with Crippen LogP contribution in [0.2, 0.25) is 0 Å². The summed E-state index contributed by atoms with van der Waals surface area (Å²) in [4.78, 5) is 0. The minimum atomic E-state index is -0.00537. The van der Waals surface area contributed by atoms with Gasteiger partial charge in [-0.2, -0.15) is 5.10 Å². The summed E-state index contributed by atoms with van der Waals surface area (Å²) in [5.74, 6) is 0. The quantitative estimate of drug-likeness (QED) is 0.878. The van der Waals surface area contributed by atoms with Gasteiger partial charge in [0.25, 0.3) is 0 Å². The van der Waals surface area contributed by atoms with E-state index in [0.717, 1.165) is 12.1 Å². The first kappa shape index (κ1) is 11.9. The normalized spacial score (nSPS) is 12.7. The Morgan fingerprint density at radius 1 is 1.24 bits per heavy atom. The second-order valence-electron chi connectivity index (χ2n) is 4.71. The molecule has 0 fully saturated rings. The average Bonchev–Trinajstić information content (AvgIpc) is 2.67. The lowest BCUT2D eigenvalue weighted by Crippen LogP contribution is -2.19. The molecule has 3 heteroatoms. The maximum atomic E-state index is 6.25. The minimum Gasteiger partial charge on any atom is -0.322 e. The number of hydrogen-bond acceptors (Lipinski definition) is 2. The van der Waals surface area contributed by atoms with Gasteiger partial charge in [-0.15, -0.1) is 0 Å². The lowest BCUT2D eigenvalue weighted by molar-refractivity contribution is 0.526. The van der Waals surface area contributed by atoms with Gasteiger partial charge in [0.2, 0.25) is 0 Å². The Kier molecular flexibility index (Phi) is 3.29. The van der Waals surface area contributed by atoms with E-state index >= 15 is 0 Å². The van der Waals surface area contributed by atoms with Gasteiger partial charge in [0.15, 0.2) is 0 Å². The van der Waals surface area contributed by atoms with Crippen molar-refractivity contribution in [3.05, 3.63) is 52.8 Å². The van der Waals surface area contributed by atoms with E-state index in [2.05, 4.69) is 37.1 Å². The van der Waals surface area contributed by atoms with Crippen LogP contribution in [0.4, 0.5) is 0 Å². The van der Waals surface area contributed by atoms with Crippen molar-refractivity contribution in [2.75, 3.05) is 0 Å². The van der Waals surface area contributed by atoms with Crippen LogP contribution >= 0.6 is 0 Å². The van der Waals surface area contributed by atoms with E-state index < -0.39 is 0 Å². The summed E-state index contributed by atoms with van der Waals surface area (Å²) < 4.78 is 1.90. The molecule has 0 saturated heterocycles. The maximum Gasteiger partial charge on any atom is 0.0602 e. The van der Waals surface area contributed by atoms with Gasteiger partial charge in [0.05, 0.1) is 12.7 Å². The molecule has 0 amide bonds. The molecule has 3 nitrogen and oxygen atoms in total. The molecule has 0 saturated carbocycles. The summed E-state index contributed by atoms with van der Waals surface area (Å²) in [7, 11) is 0. The minimum absolute atomic E-state index is 0.00537. The molecule has 1 atom stereocenters. The molecule has 0 aliphatic rings. The summed E-state index contributed by atoms with van der Waals surface area (Å²) in [6.45, 7) is 6.95. The fourth-order valence-electron chi connectivity index (χ4n) is 2.03. The van der Waals surface area contributed by atoms with Crippen LogP contribution in [-0.4, -0.2) is 9.78 Å². The third-order valence-electron chi connectivity index (χ3n) is 2.98. The van der Waals surface area contributed by atoms with Gasteiger partial charge in [-0.3, -0.25) is 4.68 Å². The molecule has 90 valence electrons. The van der Waals surface area contributed by atoms with Crippen LogP contribution in [0.25, 0.3) is 0 Å². The topological polar surface area (TPSA) is 43.8 Å². The van der Waals surface area contributed by atoms with Crippen LogP contribution in [-0.2, 0) is 6.54 Å². The van der Waals surface area contributed by atoms with E-state index in [0.29, 0.717) is 0 Å². The summed E-state index contributed by atoms with van der Waals surface area (Å²) in [6, 6.07) is 6.40. The van der Waals surface area contributed by atoms with Crippen LogP contribution in [0, 0.1) is 20.8 Å². The zero-order valence-corrected chi connectivity index (χ0v) is 10.6. The van der Waals surface area contributed by atoms with E-state index in [1.165, 1.54) is 16.7 Å². The van der Waals surface area contributed by atoms with Gasteiger partial charge in [-0.25, -0.2) is 0 Å². The molecule has 0 radical (unpaired) electrons. The Bertz CT molecular complexity index is 514. The molecule has 0 aliphatic carbocycles. The first-order chi connectivity index (χ1) is 8.06. The number of hydrogen-bond donors (Lipinski definition) is 1. The maximum absolute atomic E-state index is 6.25. The molecule has 1 heterocycles. The fraction of sp³-hybridized carbons (Fsp3) is 0.357. The highest BCUT2D eigenvalue weighted by atomic mass is 15.3. The summed E-state index contributed by atoms with van der Waals surface area (Å²) in [6.07, 6.45) is 3.88. The van der Waals surface area contributed by atoms with Crippen molar-refractivity contribution in [3.63, 3.8) is 0 Å². The third kappa shape index (κ3) is 2.74. The van der Waals surface area contributed by atoms with Crippen LogP contribution in [0.5, 0.6) is 0 Å². The van der Waals surface area contributed by atoms with E-state index in [4.69, 9.17) is 5.73 Å². The summed E-state index contributed by atoms with van der Waals surface area (Å²) >= 11 is 0. The van der Waals surface area contributed by atoms with E-state index in [-0.39, 0.29) is 6.04 Å². The smallest absolute Gasteiger partial charge is 0.0602 e. The number of aromatic nitrogens is 2. The summed E-state index contributed by atoms with van der Waals surface area (Å²) in [5, 5.41) is 4.27. The Morgan fingerprint density at radius 3 is 2.65 bits per heavy atom. The van der Waals surface area contributed by atoms with Gasteiger partial charge in [0, 0.05) is 12.2 Å². The number of rotatable bonds is 3. The van der Waals surface area contributed by atoms with E-state index in [1.54, 1.807) is 0 Å². The molecule has 2 aromatic rings. The lowest BCUT2D eigenvalue weighted by atomic mass is 9.99. The Balaban J connectivity index is 2.19. The Labute approximate surface area is 102 Å². The molecule has 17 heavy (non-hydrogen) atoms. The second-order valence-corrected chi connectivity index (χ2v) is 4.71. The second kappa shape index (κ2) is 4.72. The molecule has 0 aliphatic heterocycles. The zero-order chi connectivity index (χ0) is 12.4. The van der Waals surface area contributed by atoms with Crippen LogP contribution in [0.3, 0.4) is 0 Å². The standard InChI is InChI=1S/C14H19N3/c1-10-4-5-12(3)13(6-10)14(15)9-17-8-11(2)7-16-17/h4-8,14H,9,15H2,1-3H3. The van der Waals surface area contributed by atoms with Gasteiger partial charge in [-0.05, 0) is 37.5 Å². The molecule has 1 aromatic heterocycles. The van der Waals surface area contributed by atoms with Crippen molar-refractivity contribution < 1.29 is 0 Å². The number of nitrogens with zero attached hydrogens (tertiary/aromatic N) is 2. The molecular formula is C14H19N3. The largest absolute Gasteiger partial charge is 0.322 e. The highest BCUT2D eigenvalue weighted by Gasteiger charge is 2.10. The van der Waals surface area contributed by atoms with Gasteiger partial charge >= 0.3 is 0 Å². The molecule has 2 rings (SSSR count). The molecule has 1 aromatic carbocycles. The lowest BCUT2D eigenvalue weighted by Gasteiger charge is -2.15. The van der Waals surface area contributed by atoms with Crippen molar-refractivity contribution in [3.8, 4) is 0 Å². The molecule has 1 unspecified atom stereocenters. The number of nitrogens with two attached hydrogens (primary N) is 1. The predicted molar refractivity (Wildman–Crippen MR) is 69.8 cm³/mol. The molecule has 0 spiro atoms. The first-order valence-electron chi connectivity index (χ1n) is 5.88. The summed E-state index contributed by atoms with van der Waals surface area (Å²) in [5.41, 5.74) is 11.1. The number of aryl methyl sites for hydroxylation is 3. The highest BCUT2D eigenvalue weighted by molar-refractivity contribution is 5.32. The van der Waals surface area contributed by atoms with E-state index in [9.17, 15) is 0 Å². The Hall–Kier alpha value is -1.61. The van der Waals surface area contributed by atoms with Crippen molar-refractivity contribution >= 4 is 0 Å². The average molecular weight is 229 g/mol. The Morgan fingerprint density at radius 2 is 2.00 bits per heavy atom. The van der Waals surface area contributed by atoms with Crippen molar-refractivity contribution in [2.45, 2.75) is 33.4 Å². The van der Waals surface area contributed by atoms with Crippen LogP contribution in [0.1, 0.15) is 28.3 Å². The first-order valence-corrected chi connectivity index (χ1v) is 5.88. The molecule has 2 N–H and O–H groups in total. The van der Waals surface area contributed by atoms with Crippen LogP contribution < -0.4 is 5.73 Å². The predicted octanol–water partition coefficient (Wildman–Crippen LogP) is 2.51. The van der Waals surface area contributed by atoms with Crippen molar-refractivity contribution in [2.24, 2.45) is 5.73 Å². The van der Waals surface area contributed by atoms with Crippen LogP contribution in [0.15, 0.2) is 30.6 Å². The zero-order valence-electron chi connectivity index (χ0n) is 10.6. The number of benzene rings is 1. The van der Waals surface area contributed by atoms with E-state index in [1.807, 2.05) is 24.0 Å². The van der Waals surface area contributed by atoms with Crippen molar-refractivity contribution in [1.29, 1.82) is 0 Å². The van der Waals surface area contributed by atoms with Gasteiger partial charge in [0.1, 0.15) is 0 Å². The van der Waals surface area contributed by atoms with Gasteiger partial charge < -0.3 is 5.73 Å². The van der Waals surface area contributed by atoms with Crippen molar-refractivity contribution in [1.82, 2.24) is 9.78 Å². The monoisotopic (exact) mass is 229 g/mol.